The number of hydrogen-bond donors (Lipinski definition) is 3. The molecule has 2 amide bonds. The van der Waals surface area contributed by atoms with Crippen LogP contribution in [0.15, 0.2) is 24.3 Å². The predicted molar refractivity (Wildman–Crippen MR) is 98.6 cm³/mol. The summed E-state index contributed by atoms with van der Waals surface area (Å²) in [5.74, 6) is -2.01. The predicted octanol–water partition coefficient (Wildman–Crippen LogP) is 1.76. The summed E-state index contributed by atoms with van der Waals surface area (Å²) in [7, 11) is 0. The highest BCUT2D eigenvalue weighted by atomic mass is 16.4. The molecule has 0 aromatic heterocycles. The van der Waals surface area contributed by atoms with Gasteiger partial charge >= 0.3 is 5.97 Å². The molecule has 1 aliphatic rings. The number of rotatable bonds is 7. The zero-order valence-electron chi connectivity index (χ0n) is 15.4. The number of carbonyl (C=O) groups is 3. The Kier molecular flexibility index (Phi) is 7.35. The van der Waals surface area contributed by atoms with Crippen molar-refractivity contribution >= 4 is 17.8 Å². The highest BCUT2D eigenvalue weighted by Crippen LogP contribution is 2.26. The van der Waals surface area contributed by atoms with Crippen molar-refractivity contribution in [2.45, 2.75) is 57.5 Å². The number of hydrogen-bond acceptors (Lipinski definition) is 4. The topological polar surface area (TPSA) is 119 Å². The summed E-state index contributed by atoms with van der Waals surface area (Å²) in [6.45, 7) is 1.31. The third kappa shape index (κ3) is 6.10. The molecule has 0 spiro atoms. The molecule has 2 unspecified atom stereocenters. The number of carboxylic acid groups (broad SMARTS) is 1. The lowest BCUT2D eigenvalue weighted by Gasteiger charge is -2.29. The van der Waals surface area contributed by atoms with E-state index >= 15 is 0 Å². The fourth-order valence-corrected chi connectivity index (χ4v) is 3.51. The highest BCUT2D eigenvalue weighted by molar-refractivity contribution is 5.90. The summed E-state index contributed by atoms with van der Waals surface area (Å²) in [5.41, 5.74) is 1.27. The standard InChI is InChI=1S/C20H25N3O4/c1-13(24)22-17(11-14-7-9-15(12-21)10-8-14)19(25)23-18(20(26)27)16-5-3-2-4-6-16/h7-10,16-18H,2-6,11H2,1H3,(H,22,24)(H,23,25)(H,26,27). The van der Waals surface area contributed by atoms with Gasteiger partial charge in [-0.3, -0.25) is 9.59 Å². The van der Waals surface area contributed by atoms with Crippen LogP contribution in [0.25, 0.3) is 0 Å². The van der Waals surface area contributed by atoms with Crippen LogP contribution in [-0.4, -0.2) is 35.0 Å². The van der Waals surface area contributed by atoms with Crippen molar-refractivity contribution in [2.24, 2.45) is 5.92 Å². The largest absolute Gasteiger partial charge is 0.480 e. The van der Waals surface area contributed by atoms with E-state index in [9.17, 15) is 19.5 Å². The molecule has 0 bridgehead atoms. The number of nitrogens with one attached hydrogen (secondary N) is 2. The molecule has 2 atom stereocenters. The lowest BCUT2D eigenvalue weighted by Crippen LogP contribution is -2.54. The van der Waals surface area contributed by atoms with Gasteiger partial charge < -0.3 is 15.7 Å². The minimum absolute atomic E-state index is 0.0897. The molecule has 2 rings (SSSR count). The lowest BCUT2D eigenvalue weighted by molar-refractivity contribution is -0.144. The minimum Gasteiger partial charge on any atom is -0.480 e. The second-order valence-corrected chi connectivity index (χ2v) is 6.99. The first kappa shape index (κ1) is 20.4. The molecule has 1 fully saturated rings. The molecule has 144 valence electrons. The summed E-state index contributed by atoms with van der Waals surface area (Å²) in [4.78, 5) is 35.9. The molecule has 7 heteroatoms. The molecule has 0 aliphatic heterocycles. The van der Waals surface area contributed by atoms with Gasteiger partial charge in [0.2, 0.25) is 11.8 Å². The normalized spacial score (nSPS) is 16.6. The van der Waals surface area contributed by atoms with Crippen molar-refractivity contribution in [1.29, 1.82) is 5.26 Å². The van der Waals surface area contributed by atoms with Crippen LogP contribution in [0.2, 0.25) is 0 Å². The maximum Gasteiger partial charge on any atom is 0.326 e. The average Bonchev–Trinajstić information content (AvgIpc) is 2.66. The molecule has 7 nitrogen and oxygen atoms in total. The molecular formula is C20H25N3O4. The van der Waals surface area contributed by atoms with Gasteiger partial charge in [0.25, 0.3) is 0 Å². The van der Waals surface area contributed by atoms with Crippen LogP contribution >= 0.6 is 0 Å². The first-order valence-corrected chi connectivity index (χ1v) is 9.20. The van der Waals surface area contributed by atoms with Gasteiger partial charge in [-0.2, -0.15) is 5.26 Å². The van der Waals surface area contributed by atoms with E-state index in [2.05, 4.69) is 10.6 Å². The molecule has 0 radical (unpaired) electrons. The number of carboxylic acids is 1. The smallest absolute Gasteiger partial charge is 0.326 e. The summed E-state index contributed by atoms with van der Waals surface area (Å²) < 4.78 is 0. The third-order valence-electron chi connectivity index (χ3n) is 4.90. The molecule has 1 aromatic rings. The summed E-state index contributed by atoms with van der Waals surface area (Å²) >= 11 is 0. The van der Waals surface area contributed by atoms with Crippen molar-refractivity contribution in [1.82, 2.24) is 10.6 Å². The van der Waals surface area contributed by atoms with Crippen molar-refractivity contribution < 1.29 is 19.5 Å². The summed E-state index contributed by atoms with van der Waals surface area (Å²) in [6, 6.07) is 6.92. The van der Waals surface area contributed by atoms with Crippen LogP contribution in [0, 0.1) is 17.2 Å². The van der Waals surface area contributed by atoms with Gasteiger partial charge in [-0.15, -0.1) is 0 Å². The van der Waals surface area contributed by atoms with Crippen LogP contribution in [0.1, 0.15) is 50.2 Å². The third-order valence-corrected chi connectivity index (χ3v) is 4.90. The lowest BCUT2D eigenvalue weighted by atomic mass is 9.83. The zero-order valence-corrected chi connectivity index (χ0v) is 15.4. The van der Waals surface area contributed by atoms with Gasteiger partial charge in [-0.05, 0) is 36.5 Å². The highest BCUT2D eigenvalue weighted by Gasteiger charge is 2.32. The van der Waals surface area contributed by atoms with Gasteiger partial charge in [0.15, 0.2) is 0 Å². The van der Waals surface area contributed by atoms with E-state index in [-0.39, 0.29) is 18.2 Å². The van der Waals surface area contributed by atoms with E-state index in [4.69, 9.17) is 5.26 Å². The van der Waals surface area contributed by atoms with E-state index in [1.54, 1.807) is 24.3 Å². The van der Waals surface area contributed by atoms with E-state index in [0.717, 1.165) is 37.7 Å². The Morgan fingerprint density at radius 2 is 1.78 bits per heavy atom. The molecule has 1 saturated carbocycles. The maximum atomic E-state index is 12.7. The zero-order chi connectivity index (χ0) is 19.8. The van der Waals surface area contributed by atoms with E-state index in [1.165, 1.54) is 6.92 Å². The van der Waals surface area contributed by atoms with Crippen molar-refractivity contribution in [2.75, 3.05) is 0 Å². The molecule has 1 aromatic carbocycles. The van der Waals surface area contributed by atoms with Crippen LogP contribution in [-0.2, 0) is 20.8 Å². The monoisotopic (exact) mass is 371 g/mol. The van der Waals surface area contributed by atoms with Crippen molar-refractivity contribution in [3.8, 4) is 6.07 Å². The Bertz CT molecular complexity index is 718. The van der Waals surface area contributed by atoms with E-state index in [0.29, 0.717) is 5.56 Å². The number of nitriles is 1. The summed E-state index contributed by atoms with van der Waals surface area (Å²) in [5, 5.41) is 23.6. The van der Waals surface area contributed by atoms with Gasteiger partial charge in [-0.1, -0.05) is 31.4 Å². The molecule has 0 saturated heterocycles. The van der Waals surface area contributed by atoms with Crippen LogP contribution in [0.3, 0.4) is 0 Å². The first-order chi connectivity index (χ1) is 12.9. The van der Waals surface area contributed by atoms with E-state index in [1.807, 2.05) is 6.07 Å². The van der Waals surface area contributed by atoms with Gasteiger partial charge in [-0.25, -0.2) is 4.79 Å². The van der Waals surface area contributed by atoms with Crippen LogP contribution in [0.5, 0.6) is 0 Å². The quantitative estimate of drug-likeness (QED) is 0.675. The Labute approximate surface area is 158 Å². The Morgan fingerprint density at radius 3 is 2.30 bits per heavy atom. The second-order valence-electron chi connectivity index (χ2n) is 6.99. The number of aliphatic carboxylic acids is 1. The van der Waals surface area contributed by atoms with Crippen molar-refractivity contribution in [3.63, 3.8) is 0 Å². The SMILES string of the molecule is CC(=O)NC(Cc1ccc(C#N)cc1)C(=O)NC(C(=O)O)C1CCCCC1. The molecule has 0 heterocycles. The molecule has 1 aliphatic carbocycles. The molecule has 3 N–H and O–H groups in total. The van der Waals surface area contributed by atoms with Gasteiger partial charge in [0.05, 0.1) is 11.6 Å². The number of carbonyl (C=O) groups excluding carboxylic acids is 2. The summed E-state index contributed by atoms with van der Waals surface area (Å²) in [6.07, 6.45) is 4.78. The number of benzene rings is 1. The maximum absolute atomic E-state index is 12.7. The van der Waals surface area contributed by atoms with E-state index < -0.39 is 24.0 Å². The number of amides is 2. The van der Waals surface area contributed by atoms with Crippen molar-refractivity contribution in [3.05, 3.63) is 35.4 Å². The Balaban J connectivity index is 2.10. The molecular weight excluding hydrogens is 346 g/mol. The number of nitrogens with zero attached hydrogens (tertiary/aromatic N) is 1. The van der Waals surface area contributed by atoms with Gasteiger partial charge in [0, 0.05) is 13.3 Å². The molecule has 27 heavy (non-hydrogen) atoms. The Morgan fingerprint density at radius 1 is 1.15 bits per heavy atom. The average molecular weight is 371 g/mol. The second kappa shape index (κ2) is 9.72. The Hall–Kier alpha value is -2.88. The fourth-order valence-electron chi connectivity index (χ4n) is 3.51. The minimum atomic E-state index is -1.05. The van der Waals surface area contributed by atoms with Gasteiger partial charge in [0.1, 0.15) is 12.1 Å². The van der Waals surface area contributed by atoms with Crippen LogP contribution < -0.4 is 10.6 Å². The van der Waals surface area contributed by atoms with Crippen LogP contribution in [0.4, 0.5) is 0 Å². The fraction of sp³-hybridized carbons (Fsp3) is 0.500. The first-order valence-electron chi connectivity index (χ1n) is 9.20.